The number of hydrogen-bond donors (Lipinski definition) is 0. The van der Waals surface area contributed by atoms with E-state index < -0.39 is 0 Å². The fourth-order valence-corrected chi connectivity index (χ4v) is 3.05. The molecule has 1 aromatic heterocycles. The van der Waals surface area contributed by atoms with Crippen LogP contribution in [0.1, 0.15) is 43.5 Å². The zero-order valence-corrected chi connectivity index (χ0v) is 13.9. The molecule has 2 rings (SSSR count). The number of hydrogen-bond acceptors (Lipinski definition) is 2. The molecule has 0 spiro atoms. The first kappa shape index (κ1) is 16.6. The summed E-state index contributed by atoms with van der Waals surface area (Å²) in [5, 5.41) is 0. The van der Waals surface area contributed by atoms with E-state index in [2.05, 4.69) is 13.8 Å². The summed E-state index contributed by atoms with van der Waals surface area (Å²) < 4.78 is 1.88. The van der Waals surface area contributed by atoms with Gasteiger partial charge in [-0.3, -0.25) is 9.59 Å². The first-order valence-electron chi connectivity index (χ1n) is 8.26. The van der Waals surface area contributed by atoms with Crippen LogP contribution in [0.25, 0.3) is 0 Å². The molecule has 0 saturated carbocycles. The van der Waals surface area contributed by atoms with Gasteiger partial charge in [-0.2, -0.15) is 0 Å². The van der Waals surface area contributed by atoms with Crippen molar-refractivity contribution < 1.29 is 9.59 Å². The van der Waals surface area contributed by atoms with Crippen molar-refractivity contribution >= 4 is 11.8 Å². The molecular formula is C17H27N3O2. The summed E-state index contributed by atoms with van der Waals surface area (Å²) >= 11 is 0. The predicted octanol–water partition coefficient (Wildman–Crippen LogP) is 2.14. The molecule has 0 aromatic carbocycles. The minimum absolute atomic E-state index is 0.0671. The van der Waals surface area contributed by atoms with Crippen LogP contribution >= 0.6 is 0 Å². The lowest BCUT2D eigenvalue weighted by Gasteiger charge is -2.25. The van der Waals surface area contributed by atoms with Crippen molar-refractivity contribution in [2.75, 3.05) is 26.2 Å². The minimum Gasteiger partial charge on any atom is -0.356 e. The van der Waals surface area contributed by atoms with Crippen LogP contribution in [0.2, 0.25) is 0 Å². The summed E-state index contributed by atoms with van der Waals surface area (Å²) in [6, 6.07) is 1.85. The highest BCUT2D eigenvalue weighted by Crippen LogP contribution is 2.15. The number of amides is 2. The maximum atomic E-state index is 12.5. The third-order valence-electron chi connectivity index (χ3n) is 4.51. The molecule has 0 bridgehead atoms. The van der Waals surface area contributed by atoms with Crippen molar-refractivity contribution in [2.45, 2.75) is 33.1 Å². The molecule has 1 aliphatic rings. The van der Waals surface area contributed by atoms with Crippen LogP contribution in [0.3, 0.4) is 0 Å². The highest BCUT2D eigenvalue weighted by molar-refractivity contribution is 5.94. The summed E-state index contributed by atoms with van der Waals surface area (Å²) in [5.74, 6) is 0.438. The SMILES string of the molecule is CCC(CC)C(=O)N1CCCN(C(=O)c2ccn(C)c2)CC1. The van der Waals surface area contributed by atoms with Crippen molar-refractivity contribution in [1.29, 1.82) is 0 Å². The zero-order chi connectivity index (χ0) is 16.1. The van der Waals surface area contributed by atoms with Crippen LogP contribution in [0, 0.1) is 5.92 Å². The molecular weight excluding hydrogens is 278 g/mol. The first-order valence-corrected chi connectivity index (χ1v) is 8.26. The topological polar surface area (TPSA) is 45.6 Å². The first-order chi connectivity index (χ1) is 10.6. The molecule has 2 amide bonds. The second-order valence-corrected chi connectivity index (χ2v) is 6.05. The number of nitrogens with zero attached hydrogens (tertiary/aromatic N) is 3. The molecule has 0 N–H and O–H groups in total. The van der Waals surface area contributed by atoms with Crippen LogP contribution in [0.15, 0.2) is 18.5 Å². The molecule has 0 unspecified atom stereocenters. The Hall–Kier alpha value is -1.78. The van der Waals surface area contributed by atoms with Gasteiger partial charge in [-0.25, -0.2) is 0 Å². The van der Waals surface area contributed by atoms with Gasteiger partial charge >= 0.3 is 0 Å². The fraction of sp³-hybridized carbons (Fsp3) is 0.647. The van der Waals surface area contributed by atoms with Crippen LogP contribution in [-0.2, 0) is 11.8 Å². The number of aryl methyl sites for hydroxylation is 1. The molecule has 1 aromatic rings. The van der Waals surface area contributed by atoms with E-state index in [1.54, 1.807) is 0 Å². The number of carbonyl (C=O) groups is 2. The van der Waals surface area contributed by atoms with Gasteiger partial charge in [0.25, 0.3) is 5.91 Å². The minimum atomic E-state index is 0.0671. The van der Waals surface area contributed by atoms with E-state index in [4.69, 9.17) is 0 Å². The summed E-state index contributed by atoms with van der Waals surface area (Å²) in [6.45, 7) is 6.88. The third-order valence-corrected chi connectivity index (χ3v) is 4.51. The molecule has 1 aliphatic heterocycles. The second kappa shape index (κ2) is 7.47. The van der Waals surface area contributed by atoms with E-state index in [9.17, 15) is 9.59 Å². The van der Waals surface area contributed by atoms with E-state index >= 15 is 0 Å². The molecule has 0 radical (unpaired) electrons. The van der Waals surface area contributed by atoms with E-state index in [1.165, 1.54) is 0 Å². The third kappa shape index (κ3) is 3.70. The maximum Gasteiger partial charge on any atom is 0.255 e. The summed E-state index contributed by atoms with van der Waals surface area (Å²) in [5.41, 5.74) is 0.724. The van der Waals surface area contributed by atoms with Crippen molar-refractivity contribution in [3.05, 3.63) is 24.0 Å². The Kier molecular flexibility index (Phi) is 5.63. The monoisotopic (exact) mass is 305 g/mol. The lowest BCUT2D eigenvalue weighted by atomic mass is 10.0. The quantitative estimate of drug-likeness (QED) is 0.855. The summed E-state index contributed by atoms with van der Waals surface area (Å²) in [6.07, 6.45) is 6.36. The maximum absolute atomic E-state index is 12.5. The van der Waals surface area contributed by atoms with E-state index in [0.717, 1.165) is 37.9 Å². The largest absolute Gasteiger partial charge is 0.356 e. The van der Waals surface area contributed by atoms with Gasteiger partial charge < -0.3 is 14.4 Å². The zero-order valence-electron chi connectivity index (χ0n) is 13.9. The van der Waals surface area contributed by atoms with Gasteiger partial charge in [0.15, 0.2) is 0 Å². The number of aromatic nitrogens is 1. The Balaban J connectivity index is 1.97. The predicted molar refractivity (Wildman–Crippen MR) is 86.6 cm³/mol. The molecule has 2 heterocycles. The Bertz CT molecular complexity index is 520. The lowest BCUT2D eigenvalue weighted by molar-refractivity contribution is -0.135. The summed E-state index contributed by atoms with van der Waals surface area (Å²) in [4.78, 5) is 28.8. The van der Waals surface area contributed by atoms with Gasteiger partial charge in [-0.1, -0.05) is 13.8 Å². The Morgan fingerprint density at radius 1 is 1.09 bits per heavy atom. The Morgan fingerprint density at radius 2 is 1.73 bits per heavy atom. The molecule has 1 saturated heterocycles. The van der Waals surface area contributed by atoms with Crippen molar-refractivity contribution in [1.82, 2.24) is 14.4 Å². The van der Waals surface area contributed by atoms with Gasteiger partial charge in [0, 0.05) is 51.5 Å². The van der Waals surface area contributed by atoms with Crippen molar-refractivity contribution in [3.8, 4) is 0 Å². The van der Waals surface area contributed by atoms with Gasteiger partial charge in [-0.05, 0) is 25.3 Å². The number of carbonyl (C=O) groups excluding carboxylic acids is 2. The average Bonchev–Trinajstić information content (AvgIpc) is 2.81. The fourth-order valence-electron chi connectivity index (χ4n) is 3.05. The lowest BCUT2D eigenvalue weighted by Crippen LogP contribution is -2.39. The van der Waals surface area contributed by atoms with Gasteiger partial charge in [0.1, 0.15) is 0 Å². The van der Waals surface area contributed by atoms with Crippen LogP contribution in [0.5, 0.6) is 0 Å². The molecule has 5 heteroatoms. The summed E-state index contributed by atoms with van der Waals surface area (Å²) in [7, 11) is 1.91. The van der Waals surface area contributed by atoms with E-state index in [1.807, 2.05) is 39.9 Å². The molecule has 22 heavy (non-hydrogen) atoms. The molecule has 5 nitrogen and oxygen atoms in total. The van der Waals surface area contributed by atoms with E-state index in [0.29, 0.717) is 13.1 Å². The highest BCUT2D eigenvalue weighted by atomic mass is 16.2. The number of rotatable bonds is 4. The van der Waals surface area contributed by atoms with Gasteiger partial charge in [0.2, 0.25) is 5.91 Å². The Labute approximate surface area is 132 Å². The smallest absolute Gasteiger partial charge is 0.255 e. The molecule has 0 atom stereocenters. The second-order valence-electron chi connectivity index (χ2n) is 6.05. The van der Waals surface area contributed by atoms with Crippen molar-refractivity contribution in [2.24, 2.45) is 13.0 Å². The van der Waals surface area contributed by atoms with Crippen LogP contribution < -0.4 is 0 Å². The average molecular weight is 305 g/mol. The van der Waals surface area contributed by atoms with E-state index in [-0.39, 0.29) is 17.7 Å². The molecule has 122 valence electrons. The Morgan fingerprint density at radius 3 is 2.32 bits per heavy atom. The molecule has 1 fully saturated rings. The van der Waals surface area contributed by atoms with Crippen LogP contribution in [-0.4, -0.2) is 52.4 Å². The van der Waals surface area contributed by atoms with Gasteiger partial charge in [-0.15, -0.1) is 0 Å². The van der Waals surface area contributed by atoms with Gasteiger partial charge in [0.05, 0.1) is 5.56 Å². The standard InChI is InChI=1S/C17H27N3O2/c1-4-14(5-2)16(21)19-8-6-9-20(12-11-19)17(22)15-7-10-18(3)13-15/h7,10,13-14H,4-6,8-9,11-12H2,1-3H3. The highest BCUT2D eigenvalue weighted by Gasteiger charge is 2.26. The van der Waals surface area contributed by atoms with Crippen molar-refractivity contribution in [3.63, 3.8) is 0 Å². The normalized spacial score (nSPS) is 16.0. The molecule has 0 aliphatic carbocycles. The van der Waals surface area contributed by atoms with Crippen LogP contribution in [0.4, 0.5) is 0 Å².